The van der Waals surface area contributed by atoms with Crippen LogP contribution in [0.25, 0.3) is 0 Å². The molecule has 0 radical (unpaired) electrons. The zero-order valence-electron chi connectivity index (χ0n) is 20.3. The van der Waals surface area contributed by atoms with Gasteiger partial charge in [0.05, 0.1) is 32.8 Å². The van der Waals surface area contributed by atoms with Crippen LogP contribution in [0.4, 0.5) is 0 Å². The maximum Gasteiger partial charge on any atom is 0.119 e. The van der Waals surface area contributed by atoms with Gasteiger partial charge in [0, 0.05) is 25.2 Å². The first-order valence-corrected chi connectivity index (χ1v) is 13.1. The number of piperidine rings is 3. The van der Waals surface area contributed by atoms with Crippen LogP contribution in [0.3, 0.4) is 0 Å². The molecule has 0 spiro atoms. The largest absolute Gasteiger partial charge is 1.00 e. The molecule has 3 aliphatic heterocycles. The summed E-state index contributed by atoms with van der Waals surface area (Å²) in [4.78, 5) is 0. The monoisotopic (exact) mass is 529 g/mol. The fraction of sp³-hybridized carbons (Fsp3) is 0.586. The molecule has 3 saturated heterocycles. The maximum atomic E-state index is 11.9. The summed E-state index contributed by atoms with van der Waals surface area (Å²) < 4.78 is 13.8. The number of hydrogen-bond acceptors (Lipinski definition) is 3. The van der Waals surface area contributed by atoms with Gasteiger partial charge in [-0.25, -0.2) is 0 Å². The highest BCUT2D eigenvalue weighted by molar-refractivity contribution is 5.24. The molecule has 4 nitrogen and oxygen atoms in total. The first kappa shape index (κ1) is 25.7. The van der Waals surface area contributed by atoms with Crippen LogP contribution in [0, 0.1) is 11.8 Å². The normalized spacial score (nSPS) is 28.3. The molecule has 4 fully saturated rings. The second-order valence-corrected chi connectivity index (χ2v) is 10.7. The summed E-state index contributed by atoms with van der Waals surface area (Å²) in [5.74, 6) is 1.91. The lowest BCUT2D eigenvalue weighted by Crippen LogP contribution is -3.00. The van der Waals surface area contributed by atoms with Gasteiger partial charge in [-0.3, -0.25) is 0 Å². The maximum absolute atomic E-state index is 11.9. The predicted molar refractivity (Wildman–Crippen MR) is 131 cm³/mol. The number of fused-ring (bicyclic) bond motifs is 3. The van der Waals surface area contributed by atoms with E-state index in [4.69, 9.17) is 9.47 Å². The average molecular weight is 531 g/mol. The highest BCUT2D eigenvalue weighted by Gasteiger charge is 2.48. The van der Waals surface area contributed by atoms with Gasteiger partial charge in [0.2, 0.25) is 0 Å². The molecule has 1 N–H and O–H groups in total. The first-order chi connectivity index (χ1) is 16.2. The molecule has 1 aliphatic carbocycles. The summed E-state index contributed by atoms with van der Waals surface area (Å²) in [5, 5.41) is 11.9. The Morgan fingerprint density at radius 3 is 2.21 bits per heavy atom. The Morgan fingerprint density at radius 1 is 0.882 bits per heavy atom. The molecule has 0 aromatic heterocycles. The lowest BCUT2D eigenvalue weighted by Gasteiger charge is -2.53. The van der Waals surface area contributed by atoms with Crippen molar-refractivity contribution in [1.82, 2.24) is 0 Å². The number of para-hydroxylation sites is 1. The highest BCUT2D eigenvalue weighted by Crippen LogP contribution is 2.42. The van der Waals surface area contributed by atoms with Crippen molar-refractivity contribution in [1.29, 1.82) is 0 Å². The standard InChI is InChI=1S/C29H40NO3.BrH/c31-29(26-12-7-8-13-26,25-10-3-1-4-11-25)23-33-28-22-30(19-16-24(28)17-20-30)18-9-21-32-27-14-5-2-6-15-27;/h1-6,10-11,14-15,24,26,28,31H,7-9,12-13,16-23H2;1H/q+1;/p-1/t24?,28-,29?,30?;/m1./s1. The molecular formula is C29H40BrNO3. The number of ether oxygens (including phenoxy) is 2. The minimum Gasteiger partial charge on any atom is -1.00 e. The predicted octanol–water partition coefficient (Wildman–Crippen LogP) is 2.16. The van der Waals surface area contributed by atoms with Crippen LogP contribution in [0.15, 0.2) is 60.7 Å². The van der Waals surface area contributed by atoms with Crippen LogP contribution in [0.1, 0.15) is 50.5 Å². The van der Waals surface area contributed by atoms with Gasteiger partial charge < -0.3 is 36.0 Å². The molecule has 1 unspecified atom stereocenters. The number of rotatable bonds is 10. The Kier molecular flexibility index (Phi) is 8.73. The fourth-order valence-corrected chi connectivity index (χ4v) is 6.63. The summed E-state index contributed by atoms with van der Waals surface area (Å²) in [6.07, 6.45) is 8.47. The van der Waals surface area contributed by atoms with E-state index in [-0.39, 0.29) is 23.1 Å². The van der Waals surface area contributed by atoms with E-state index < -0.39 is 5.60 Å². The smallest absolute Gasteiger partial charge is 0.119 e. The van der Waals surface area contributed by atoms with Crippen LogP contribution in [-0.4, -0.2) is 55.1 Å². The number of halogens is 1. The summed E-state index contributed by atoms with van der Waals surface area (Å²) in [6.45, 7) is 5.98. The molecular weight excluding hydrogens is 490 g/mol. The molecule has 3 heterocycles. The van der Waals surface area contributed by atoms with E-state index in [1.807, 2.05) is 48.5 Å². The number of hydrogen-bond donors (Lipinski definition) is 1. The Balaban J connectivity index is 0.00000274. The Labute approximate surface area is 215 Å². The minimum atomic E-state index is -0.863. The minimum absolute atomic E-state index is 0. The lowest BCUT2D eigenvalue weighted by atomic mass is 9.80. The van der Waals surface area contributed by atoms with Crippen molar-refractivity contribution in [2.45, 2.75) is 56.7 Å². The van der Waals surface area contributed by atoms with Crippen LogP contribution in [0.5, 0.6) is 5.75 Å². The van der Waals surface area contributed by atoms with Crippen molar-refractivity contribution in [2.75, 3.05) is 39.4 Å². The molecule has 0 amide bonds. The van der Waals surface area contributed by atoms with E-state index in [0.717, 1.165) is 54.8 Å². The molecule has 34 heavy (non-hydrogen) atoms. The third-order valence-electron chi connectivity index (χ3n) is 8.65. The van der Waals surface area contributed by atoms with E-state index in [2.05, 4.69) is 12.1 Å². The van der Waals surface area contributed by atoms with E-state index >= 15 is 0 Å². The number of aliphatic hydroxyl groups is 1. The van der Waals surface area contributed by atoms with Crippen molar-refractivity contribution >= 4 is 0 Å². The summed E-state index contributed by atoms with van der Waals surface area (Å²) in [7, 11) is 0. The second-order valence-electron chi connectivity index (χ2n) is 10.7. The Hall–Kier alpha value is -1.40. The molecule has 1 saturated carbocycles. The Bertz CT molecular complexity index is 865. The van der Waals surface area contributed by atoms with Gasteiger partial charge in [-0.15, -0.1) is 0 Å². The van der Waals surface area contributed by atoms with E-state index in [9.17, 15) is 5.11 Å². The van der Waals surface area contributed by atoms with Gasteiger partial charge in [-0.2, -0.15) is 0 Å². The van der Waals surface area contributed by atoms with Gasteiger partial charge in [0.15, 0.2) is 0 Å². The third kappa shape index (κ3) is 5.70. The summed E-state index contributed by atoms with van der Waals surface area (Å²) >= 11 is 0. The molecule has 2 aromatic rings. The zero-order valence-corrected chi connectivity index (χ0v) is 21.9. The molecule has 6 rings (SSSR count). The molecule has 2 atom stereocenters. The molecule has 2 aromatic carbocycles. The SMILES string of the molecule is OC(CO[C@@H]1C[N+]2(CCCOc3ccccc3)CCC1CC2)(c1ccccc1)C1CCCC1.[Br-]. The van der Waals surface area contributed by atoms with E-state index in [1.165, 1.54) is 38.8 Å². The van der Waals surface area contributed by atoms with Crippen LogP contribution >= 0.6 is 0 Å². The second kappa shape index (κ2) is 11.6. The van der Waals surface area contributed by atoms with Crippen molar-refractivity contribution in [2.24, 2.45) is 11.8 Å². The van der Waals surface area contributed by atoms with Crippen molar-refractivity contribution in [3.05, 3.63) is 66.2 Å². The van der Waals surface area contributed by atoms with Gasteiger partial charge in [0.25, 0.3) is 0 Å². The van der Waals surface area contributed by atoms with Gasteiger partial charge in [-0.1, -0.05) is 61.4 Å². The van der Waals surface area contributed by atoms with Crippen LogP contribution in [-0.2, 0) is 10.3 Å². The van der Waals surface area contributed by atoms with Crippen molar-refractivity contribution in [3.63, 3.8) is 0 Å². The van der Waals surface area contributed by atoms with Gasteiger partial charge in [0.1, 0.15) is 24.0 Å². The zero-order chi connectivity index (χ0) is 22.6. The van der Waals surface area contributed by atoms with Crippen LogP contribution in [0.2, 0.25) is 0 Å². The number of benzene rings is 2. The van der Waals surface area contributed by atoms with Gasteiger partial charge in [-0.05, 0) is 36.5 Å². The lowest BCUT2D eigenvalue weighted by molar-refractivity contribution is -0.946. The van der Waals surface area contributed by atoms with Gasteiger partial charge >= 0.3 is 0 Å². The molecule has 4 aliphatic rings. The number of quaternary nitrogens is 1. The molecule has 186 valence electrons. The fourth-order valence-electron chi connectivity index (χ4n) is 6.63. The quantitative estimate of drug-likeness (QED) is 0.378. The third-order valence-corrected chi connectivity index (χ3v) is 8.65. The summed E-state index contributed by atoms with van der Waals surface area (Å²) in [6, 6.07) is 20.4. The first-order valence-electron chi connectivity index (χ1n) is 13.1. The average Bonchev–Trinajstić information content (AvgIpc) is 3.43. The Morgan fingerprint density at radius 2 is 1.53 bits per heavy atom. The topological polar surface area (TPSA) is 38.7 Å². The number of nitrogens with zero attached hydrogens (tertiary/aromatic N) is 1. The van der Waals surface area contributed by atoms with Crippen molar-refractivity contribution in [3.8, 4) is 5.75 Å². The highest BCUT2D eigenvalue weighted by atomic mass is 79.9. The molecule has 5 heteroatoms. The van der Waals surface area contributed by atoms with E-state index in [0.29, 0.717) is 18.4 Å². The van der Waals surface area contributed by atoms with Crippen molar-refractivity contribution < 1.29 is 36.0 Å². The van der Waals surface area contributed by atoms with Crippen LogP contribution < -0.4 is 21.7 Å². The molecule has 2 bridgehead atoms. The van der Waals surface area contributed by atoms with E-state index in [1.54, 1.807) is 0 Å². The summed E-state index contributed by atoms with van der Waals surface area (Å²) in [5.41, 5.74) is 0.165.